The first-order chi connectivity index (χ1) is 7.50. The Bertz CT molecular complexity index is 358. The minimum absolute atomic E-state index is 0.211. The number of anilines is 1. The molecule has 0 saturated carbocycles. The number of hydrogen-bond donors (Lipinski definition) is 2. The number of aromatic nitrogens is 2. The van der Waals surface area contributed by atoms with Crippen LogP contribution in [-0.2, 0) is 7.05 Å². The van der Waals surface area contributed by atoms with Crippen molar-refractivity contribution in [3.63, 3.8) is 0 Å². The van der Waals surface area contributed by atoms with Gasteiger partial charge in [0, 0.05) is 19.8 Å². The van der Waals surface area contributed by atoms with Crippen LogP contribution in [0.5, 0.6) is 0 Å². The number of carbonyl (C=O) groups is 1. The Labute approximate surface area is 95.4 Å². The largest absolute Gasteiger partial charge is 0.396 e. The van der Waals surface area contributed by atoms with Crippen molar-refractivity contribution in [3.8, 4) is 0 Å². The second-order valence-electron chi connectivity index (χ2n) is 4.02. The van der Waals surface area contributed by atoms with Gasteiger partial charge in [-0.3, -0.25) is 9.48 Å². The summed E-state index contributed by atoms with van der Waals surface area (Å²) in [5.41, 5.74) is 6.35. The highest BCUT2D eigenvalue weighted by molar-refractivity contribution is 5.96. The molecule has 6 nitrogen and oxygen atoms in total. The van der Waals surface area contributed by atoms with E-state index in [1.54, 1.807) is 13.2 Å². The van der Waals surface area contributed by atoms with Crippen LogP contribution in [0.2, 0.25) is 0 Å². The van der Waals surface area contributed by atoms with E-state index in [1.807, 2.05) is 14.1 Å². The molecule has 0 saturated heterocycles. The number of nitrogens with one attached hydrogen (secondary N) is 1. The summed E-state index contributed by atoms with van der Waals surface area (Å²) in [6.45, 7) is 1.57. The fraction of sp³-hybridized carbons (Fsp3) is 0.600. The quantitative estimate of drug-likeness (QED) is 0.674. The van der Waals surface area contributed by atoms with Gasteiger partial charge in [0.1, 0.15) is 0 Å². The molecule has 3 N–H and O–H groups in total. The molecule has 0 aromatic carbocycles. The van der Waals surface area contributed by atoms with Crippen molar-refractivity contribution < 1.29 is 4.79 Å². The van der Waals surface area contributed by atoms with E-state index in [-0.39, 0.29) is 5.91 Å². The van der Waals surface area contributed by atoms with Gasteiger partial charge in [-0.1, -0.05) is 0 Å². The molecular formula is C10H19N5O. The molecule has 0 aliphatic rings. The smallest absolute Gasteiger partial charge is 0.273 e. The third-order valence-corrected chi connectivity index (χ3v) is 2.14. The lowest BCUT2D eigenvalue weighted by Gasteiger charge is -2.09. The summed E-state index contributed by atoms with van der Waals surface area (Å²) in [5.74, 6) is -0.211. The van der Waals surface area contributed by atoms with Crippen LogP contribution in [-0.4, -0.2) is 47.8 Å². The lowest BCUT2D eigenvalue weighted by Crippen LogP contribution is -2.28. The van der Waals surface area contributed by atoms with E-state index in [9.17, 15) is 4.79 Å². The van der Waals surface area contributed by atoms with Gasteiger partial charge < -0.3 is 16.0 Å². The van der Waals surface area contributed by atoms with E-state index in [0.717, 1.165) is 13.0 Å². The van der Waals surface area contributed by atoms with Crippen molar-refractivity contribution in [2.75, 3.05) is 32.9 Å². The van der Waals surface area contributed by atoms with Crippen LogP contribution in [0.3, 0.4) is 0 Å². The number of nitrogens with two attached hydrogens (primary N) is 1. The van der Waals surface area contributed by atoms with Crippen LogP contribution in [0.25, 0.3) is 0 Å². The Hall–Kier alpha value is -1.56. The molecule has 0 unspecified atom stereocenters. The van der Waals surface area contributed by atoms with Crippen molar-refractivity contribution in [1.29, 1.82) is 0 Å². The highest BCUT2D eigenvalue weighted by atomic mass is 16.1. The Morgan fingerprint density at radius 1 is 1.62 bits per heavy atom. The van der Waals surface area contributed by atoms with Gasteiger partial charge >= 0.3 is 0 Å². The molecule has 0 aliphatic carbocycles. The third kappa shape index (κ3) is 3.54. The maximum Gasteiger partial charge on any atom is 0.273 e. The van der Waals surface area contributed by atoms with Gasteiger partial charge in [0.15, 0.2) is 5.69 Å². The number of hydrogen-bond acceptors (Lipinski definition) is 4. The number of amides is 1. The topological polar surface area (TPSA) is 76.2 Å². The minimum atomic E-state index is -0.211. The zero-order valence-corrected chi connectivity index (χ0v) is 10.0. The highest BCUT2D eigenvalue weighted by Crippen LogP contribution is 2.07. The van der Waals surface area contributed by atoms with Crippen molar-refractivity contribution in [3.05, 3.63) is 11.9 Å². The van der Waals surface area contributed by atoms with E-state index in [0.29, 0.717) is 17.9 Å². The molecule has 0 bridgehead atoms. The molecule has 1 rings (SSSR count). The zero-order valence-electron chi connectivity index (χ0n) is 10.0. The van der Waals surface area contributed by atoms with Crippen LogP contribution in [0.4, 0.5) is 5.69 Å². The molecule has 16 heavy (non-hydrogen) atoms. The standard InChI is InChI=1S/C10H19N5O/c1-14(2)6-4-5-12-10(16)9-8(11)7-15(3)13-9/h7H,4-6,11H2,1-3H3,(H,12,16). The normalized spacial score (nSPS) is 10.8. The van der Waals surface area contributed by atoms with E-state index in [4.69, 9.17) is 5.73 Å². The van der Waals surface area contributed by atoms with Gasteiger partial charge in [-0.2, -0.15) is 5.10 Å². The second-order valence-corrected chi connectivity index (χ2v) is 4.02. The maximum absolute atomic E-state index is 11.6. The van der Waals surface area contributed by atoms with Gasteiger partial charge in [0.2, 0.25) is 0 Å². The summed E-state index contributed by atoms with van der Waals surface area (Å²) >= 11 is 0. The summed E-state index contributed by atoms with van der Waals surface area (Å²) in [6, 6.07) is 0. The Morgan fingerprint density at radius 3 is 2.81 bits per heavy atom. The Morgan fingerprint density at radius 2 is 2.31 bits per heavy atom. The summed E-state index contributed by atoms with van der Waals surface area (Å²) in [5, 5.41) is 6.78. The SMILES string of the molecule is CN(C)CCCNC(=O)c1nn(C)cc1N. The molecule has 90 valence electrons. The van der Waals surface area contributed by atoms with Crippen molar-refractivity contribution in [2.45, 2.75) is 6.42 Å². The first-order valence-electron chi connectivity index (χ1n) is 5.22. The maximum atomic E-state index is 11.6. The monoisotopic (exact) mass is 225 g/mol. The number of carbonyl (C=O) groups excluding carboxylic acids is 1. The molecule has 0 fully saturated rings. The van der Waals surface area contributed by atoms with E-state index in [2.05, 4.69) is 15.3 Å². The van der Waals surface area contributed by atoms with Crippen LogP contribution in [0.15, 0.2) is 6.20 Å². The minimum Gasteiger partial charge on any atom is -0.396 e. The number of aryl methyl sites for hydroxylation is 1. The molecule has 1 amide bonds. The number of rotatable bonds is 5. The van der Waals surface area contributed by atoms with Crippen molar-refractivity contribution >= 4 is 11.6 Å². The molecule has 0 aliphatic heterocycles. The summed E-state index contributed by atoms with van der Waals surface area (Å²) in [7, 11) is 5.73. The van der Waals surface area contributed by atoms with Crippen LogP contribution in [0, 0.1) is 0 Å². The fourth-order valence-corrected chi connectivity index (χ4v) is 1.36. The predicted molar refractivity (Wildman–Crippen MR) is 63.1 cm³/mol. The first-order valence-corrected chi connectivity index (χ1v) is 5.22. The molecule has 6 heteroatoms. The lowest BCUT2D eigenvalue weighted by atomic mass is 10.3. The van der Waals surface area contributed by atoms with Gasteiger partial charge in [-0.05, 0) is 27.1 Å². The van der Waals surface area contributed by atoms with Crippen molar-refractivity contribution in [1.82, 2.24) is 20.0 Å². The lowest BCUT2D eigenvalue weighted by molar-refractivity contribution is 0.0947. The number of nitrogens with zero attached hydrogens (tertiary/aromatic N) is 3. The fourth-order valence-electron chi connectivity index (χ4n) is 1.36. The van der Waals surface area contributed by atoms with Crippen LogP contribution < -0.4 is 11.1 Å². The Balaban J connectivity index is 2.38. The average Bonchev–Trinajstić information content (AvgIpc) is 2.52. The van der Waals surface area contributed by atoms with Gasteiger partial charge in [0.25, 0.3) is 5.91 Å². The summed E-state index contributed by atoms with van der Waals surface area (Å²) < 4.78 is 1.53. The average molecular weight is 225 g/mol. The van der Waals surface area contributed by atoms with Crippen LogP contribution in [0.1, 0.15) is 16.9 Å². The zero-order chi connectivity index (χ0) is 12.1. The van der Waals surface area contributed by atoms with E-state index < -0.39 is 0 Å². The highest BCUT2D eigenvalue weighted by Gasteiger charge is 2.12. The molecule has 1 aromatic rings. The summed E-state index contributed by atoms with van der Waals surface area (Å²) in [4.78, 5) is 13.7. The van der Waals surface area contributed by atoms with Gasteiger partial charge in [-0.15, -0.1) is 0 Å². The molecular weight excluding hydrogens is 206 g/mol. The van der Waals surface area contributed by atoms with Crippen LogP contribution >= 0.6 is 0 Å². The molecule has 0 spiro atoms. The molecule has 0 radical (unpaired) electrons. The predicted octanol–water partition coefficient (Wildman–Crippen LogP) is -0.316. The molecule has 1 heterocycles. The Kier molecular flexibility index (Phi) is 4.30. The third-order valence-electron chi connectivity index (χ3n) is 2.14. The molecule has 0 atom stereocenters. The molecule has 1 aromatic heterocycles. The van der Waals surface area contributed by atoms with Gasteiger partial charge in [-0.25, -0.2) is 0 Å². The van der Waals surface area contributed by atoms with Crippen molar-refractivity contribution in [2.24, 2.45) is 7.05 Å². The van der Waals surface area contributed by atoms with E-state index >= 15 is 0 Å². The van der Waals surface area contributed by atoms with Gasteiger partial charge in [0.05, 0.1) is 5.69 Å². The first kappa shape index (κ1) is 12.5. The van der Waals surface area contributed by atoms with E-state index in [1.165, 1.54) is 4.68 Å². The number of nitrogen functional groups attached to an aromatic ring is 1. The summed E-state index contributed by atoms with van der Waals surface area (Å²) in [6.07, 6.45) is 2.53. The second kappa shape index (κ2) is 5.50.